The van der Waals surface area contributed by atoms with Gasteiger partial charge in [0.15, 0.2) is 0 Å². The minimum atomic E-state index is -0.603. The third kappa shape index (κ3) is 3.40. The first kappa shape index (κ1) is 12.8. The number of furan rings is 1. The van der Waals surface area contributed by atoms with Crippen LogP contribution in [0.5, 0.6) is 0 Å². The summed E-state index contributed by atoms with van der Waals surface area (Å²) in [7, 11) is 1.33. The maximum absolute atomic E-state index is 11.3. The first-order valence-electron chi connectivity index (χ1n) is 5.99. The van der Waals surface area contributed by atoms with E-state index in [0.717, 1.165) is 49.2 Å². The van der Waals surface area contributed by atoms with Crippen LogP contribution in [-0.2, 0) is 23.9 Å². The zero-order chi connectivity index (χ0) is 12.3. The second kappa shape index (κ2) is 5.80. The summed E-state index contributed by atoms with van der Waals surface area (Å²) >= 11 is 0. The predicted octanol–water partition coefficient (Wildman–Crippen LogP) is 0.872. The fourth-order valence-corrected chi connectivity index (χ4v) is 3.21. The fourth-order valence-electron chi connectivity index (χ4n) is 2.09. The van der Waals surface area contributed by atoms with Gasteiger partial charge in [-0.05, 0) is 20.0 Å². The summed E-state index contributed by atoms with van der Waals surface area (Å²) in [6, 6.07) is 2.12. The van der Waals surface area contributed by atoms with Crippen molar-refractivity contribution in [3.8, 4) is 0 Å². The molecule has 0 radical (unpaired) electrons. The summed E-state index contributed by atoms with van der Waals surface area (Å²) in [5, 5.41) is 3.13. The third-order valence-corrected chi connectivity index (χ3v) is 4.36. The summed E-state index contributed by atoms with van der Waals surface area (Å²) in [5.74, 6) is 3.60. The average molecular weight is 256 g/mol. The molecule has 0 saturated carbocycles. The van der Waals surface area contributed by atoms with Crippen molar-refractivity contribution >= 4 is 10.8 Å². The van der Waals surface area contributed by atoms with E-state index in [4.69, 9.17) is 4.42 Å². The fraction of sp³-hybridized carbons (Fsp3) is 0.667. The van der Waals surface area contributed by atoms with Crippen LogP contribution in [-0.4, -0.2) is 40.8 Å². The van der Waals surface area contributed by atoms with Crippen molar-refractivity contribution in [3.05, 3.63) is 23.2 Å². The van der Waals surface area contributed by atoms with E-state index in [2.05, 4.69) is 16.3 Å². The van der Waals surface area contributed by atoms with Gasteiger partial charge in [-0.25, -0.2) is 0 Å². The molecular formula is C12H20N2O2S. The van der Waals surface area contributed by atoms with Gasteiger partial charge in [0.2, 0.25) is 0 Å². The number of hydrogen-bond donors (Lipinski definition) is 1. The van der Waals surface area contributed by atoms with Crippen LogP contribution < -0.4 is 5.32 Å². The smallest absolute Gasteiger partial charge is 0.118 e. The summed E-state index contributed by atoms with van der Waals surface area (Å²) in [6.45, 7) is 5.50. The molecule has 0 atom stereocenters. The van der Waals surface area contributed by atoms with Crippen molar-refractivity contribution in [1.82, 2.24) is 10.2 Å². The standard InChI is InChI=1S/C12H20N2O2S/c1-10-11(8-13-2)7-12(16-10)9-14-3-5-17(15)6-4-14/h7,13H,3-6,8-9H2,1-2H3. The molecule has 1 aromatic heterocycles. The molecule has 1 fully saturated rings. The highest BCUT2D eigenvalue weighted by Gasteiger charge is 2.17. The average Bonchev–Trinajstić information content (AvgIpc) is 2.63. The van der Waals surface area contributed by atoms with E-state index in [1.165, 1.54) is 5.56 Å². The number of nitrogens with zero attached hydrogens (tertiary/aromatic N) is 1. The minimum absolute atomic E-state index is 0.603. The van der Waals surface area contributed by atoms with Gasteiger partial charge in [0, 0.05) is 47.5 Å². The predicted molar refractivity (Wildman–Crippen MR) is 69.4 cm³/mol. The van der Waals surface area contributed by atoms with Crippen LogP contribution in [0.15, 0.2) is 10.5 Å². The monoisotopic (exact) mass is 256 g/mol. The Balaban J connectivity index is 1.94. The number of aryl methyl sites for hydroxylation is 1. The normalized spacial score (nSPS) is 18.7. The largest absolute Gasteiger partial charge is 0.465 e. The lowest BCUT2D eigenvalue weighted by atomic mass is 10.2. The Labute approximate surface area is 105 Å². The molecule has 2 rings (SSSR count). The second-order valence-corrected chi connectivity index (χ2v) is 6.14. The van der Waals surface area contributed by atoms with Crippen LogP contribution in [0.1, 0.15) is 17.1 Å². The summed E-state index contributed by atoms with van der Waals surface area (Å²) in [5.41, 5.74) is 1.23. The molecule has 2 heterocycles. The SMILES string of the molecule is CNCc1cc(CN2CCS(=O)CC2)oc1C. The molecule has 0 amide bonds. The molecular weight excluding hydrogens is 236 g/mol. The lowest BCUT2D eigenvalue weighted by Gasteiger charge is -2.24. The van der Waals surface area contributed by atoms with Gasteiger partial charge < -0.3 is 9.73 Å². The first-order valence-corrected chi connectivity index (χ1v) is 7.48. The second-order valence-electron chi connectivity index (χ2n) is 4.45. The lowest BCUT2D eigenvalue weighted by Crippen LogP contribution is -2.37. The van der Waals surface area contributed by atoms with Gasteiger partial charge in [-0.15, -0.1) is 0 Å². The maximum atomic E-state index is 11.3. The zero-order valence-electron chi connectivity index (χ0n) is 10.5. The third-order valence-electron chi connectivity index (χ3n) is 3.09. The topological polar surface area (TPSA) is 45.5 Å². The molecule has 1 aliphatic heterocycles. The van der Waals surface area contributed by atoms with Crippen LogP contribution in [0.2, 0.25) is 0 Å². The highest BCUT2D eigenvalue weighted by molar-refractivity contribution is 7.85. The Bertz CT molecular complexity index is 393. The molecule has 96 valence electrons. The van der Waals surface area contributed by atoms with Gasteiger partial charge in [-0.1, -0.05) is 0 Å². The van der Waals surface area contributed by atoms with Crippen LogP contribution in [0.4, 0.5) is 0 Å². The highest BCUT2D eigenvalue weighted by Crippen LogP contribution is 2.17. The van der Waals surface area contributed by atoms with E-state index in [1.54, 1.807) is 0 Å². The van der Waals surface area contributed by atoms with Crippen LogP contribution in [0.25, 0.3) is 0 Å². The van der Waals surface area contributed by atoms with Crippen molar-refractivity contribution in [1.29, 1.82) is 0 Å². The van der Waals surface area contributed by atoms with Gasteiger partial charge >= 0.3 is 0 Å². The van der Waals surface area contributed by atoms with Crippen molar-refractivity contribution in [2.75, 3.05) is 31.6 Å². The molecule has 0 aromatic carbocycles. The van der Waals surface area contributed by atoms with Crippen LogP contribution >= 0.6 is 0 Å². The molecule has 0 aliphatic carbocycles. The van der Waals surface area contributed by atoms with Gasteiger partial charge in [0.1, 0.15) is 11.5 Å². The molecule has 4 nitrogen and oxygen atoms in total. The zero-order valence-corrected chi connectivity index (χ0v) is 11.3. The van der Waals surface area contributed by atoms with E-state index in [1.807, 2.05) is 14.0 Å². The summed E-state index contributed by atoms with van der Waals surface area (Å²) in [6.07, 6.45) is 0. The van der Waals surface area contributed by atoms with Crippen LogP contribution in [0, 0.1) is 6.92 Å². The molecule has 1 aliphatic rings. The molecule has 0 bridgehead atoms. The Morgan fingerprint density at radius 1 is 1.47 bits per heavy atom. The van der Waals surface area contributed by atoms with E-state index in [0.29, 0.717) is 0 Å². The van der Waals surface area contributed by atoms with E-state index >= 15 is 0 Å². The van der Waals surface area contributed by atoms with Gasteiger partial charge in [-0.2, -0.15) is 0 Å². The van der Waals surface area contributed by atoms with Gasteiger partial charge in [0.25, 0.3) is 0 Å². The molecule has 0 spiro atoms. The van der Waals surface area contributed by atoms with Gasteiger partial charge in [0.05, 0.1) is 6.54 Å². The molecule has 17 heavy (non-hydrogen) atoms. The lowest BCUT2D eigenvalue weighted by molar-refractivity contribution is 0.263. The van der Waals surface area contributed by atoms with E-state index in [9.17, 15) is 4.21 Å². The van der Waals surface area contributed by atoms with E-state index < -0.39 is 10.8 Å². The van der Waals surface area contributed by atoms with E-state index in [-0.39, 0.29) is 0 Å². The Morgan fingerprint density at radius 2 is 2.18 bits per heavy atom. The number of nitrogens with one attached hydrogen (secondary N) is 1. The number of rotatable bonds is 4. The quantitative estimate of drug-likeness (QED) is 0.868. The van der Waals surface area contributed by atoms with Crippen molar-refractivity contribution < 1.29 is 8.63 Å². The van der Waals surface area contributed by atoms with Crippen molar-refractivity contribution in [2.45, 2.75) is 20.0 Å². The molecule has 5 heteroatoms. The number of hydrogen-bond acceptors (Lipinski definition) is 4. The molecule has 1 saturated heterocycles. The van der Waals surface area contributed by atoms with Gasteiger partial charge in [-0.3, -0.25) is 9.11 Å². The van der Waals surface area contributed by atoms with Crippen LogP contribution in [0.3, 0.4) is 0 Å². The maximum Gasteiger partial charge on any atom is 0.118 e. The Morgan fingerprint density at radius 3 is 2.82 bits per heavy atom. The summed E-state index contributed by atoms with van der Waals surface area (Å²) < 4.78 is 17.0. The minimum Gasteiger partial charge on any atom is -0.465 e. The summed E-state index contributed by atoms with van der Waals surface area (Å²) in [4.78, 5) is 2.31. The Kier molecular flexibility index (Phi) is 4.36. The molecule has 1 N–H and O–H groups in total. The molecule has 1 aromatic rings. The van der Waals surface area contributed by atoms with Crippen molar-refractivity contribution in [2.24, 2.45) is 0 Å². The first-order chi connectivity index (χ1) is 8.19. The van der Waals surface area contributed by atoms with Crippen molar-refractivity contribution in [3.63, 3.8) is 0 Å². The highest BCUT2D eigenvalue weighted by atomic mass is 32.2. The molecule has 0 unspecified atom stereocenters. The Hall–Kier alpha value is -0.650.